The first kappa shape index (κ1) is 9.59. The highest BCUT2D eigenvalue weighted by molar-refractivity contribution is 5.75. The quantitative estimate of drug-likeness (QED) is 0.437. The summed E-state index contributed by atoms with van der Waals surface area (Å²) in [7, 11) is 0. The Morgan fingerprint density at radius 1 is 1.40 bits per heavy atom. The van der Waals surface area contributed by atoms with Crippen molar-refractivity contribution >= 4 is 5.78 Å². The molecule has 0 bridgehead atoms. The molecule has 0 radical (unpaired) electrons. The third kappa shape index (κ3) is 7.59. The van der Waals surface area contributed by atoms with Crippen molar-refractivity contribution in [1.29, 1.82) is 0 Å². The van der Waals surface area contributed by atoms with Crippen LogP contribution in [0.5, 0.6) is 0 Å². The highest BCUT2D eigenvalue weighted by Gasteiger charge is 1.97. The van der Waals surface area contributed by atoms with Crippen LogP contribution >= 0.6 is 0 Å². The highest BCUT2D eigenvalue weighted by Crippen LogP contribution is 2.01. The smallest absolute Gasteiger partial charge is 0.151 e. The second-order valence-electron chi connectivity index (χ2n) is 2.43. The first-order valence-corrected chi connectivity index (χ1v) is 3.48. The molecule has 0 aliphatic heterocycles. The summed E-state index contributed by atoms with van der Waals surface area (Å²) in [4.78, 5) is 10.4. The van der Waals surface area contributed by atoms with Crippen molar-refractivity contribution in [3.63, 3.8) is 0 Å². The number of carbonyl (C=O) groups excluding carboxylic acids is 1. The molecule has 0 saturated heterocycles. The van der Waals surface area contributed by atoms with E-state index in [0.717, 1.165) is 6.42 Å². The molecular formula is C7H14O3. The van der Waals surface area contributed by atoms with Gasteiger partial charge in [0, 0.05) is 6.42 Å². The third-order valence-corrected chi connectivity index (χ3v) is 1.24. The fraction of sp³-hybridized carbons (Fsp3) is 0.857. The lowest BCUT2D eigenvalue weighted by molar-refractivity contribution is -0.117. The van der Waals surface area contributed by atoms with Gasteiger partial charge in [-0.1, -0.05) is 0 Å². The molecule has 0 unspecified atom stereocenters. The van der Waals surface area contributed by atoms with E-state index in [0.29, 0.717) is 19.3 Å². The molecule has 0 aromatic heterocycles. The minimum atomic E-state index is -1.22. The Bertz CT molecular complexity index is 99.0. The zero-order chi connectivity index (χ0) is 7.98. The summed E-state index contributed by atoms with van der Waals surface area (Å²) in [5.41, 5.74) is 0. The highest BCUT2D eigenvalue weighted by atomic mass is 16.5. The van der Waals surface area contributed by atoms with Gasteiger partial charge in [0.1, 0.15) is 5.78 Å². The summed E-state index contributed by atoms with van der Waals surface area (Å²) >= 11 is 0. The molecule has 0 aliphatic carbocycles. The van der Waals surface area contributed by atoms with Gasteiger partial charge in [0.25, 0.3) is 0 Å². The number of ketones is 1. The van der Waals surface area contributed by atoms with Crippen LogP contribution in [0.4, 0.5) is 0 Å². The predicted octanol–water partition coefficient (Wildman–Crippen LogP) is 0.446. The van der Waals surface area contributed by atoms with Crippen LogP contribution in [-0.2, 0) is 4.79 Å². The maximum absolute atomic E-state index is 10.4. The van der Waals surface area contributed by atoms with Gasteiger partial charge in [-0.3, -0.25) is 0 Å². The first-order chi connectivity index (χ1) is 4.63. The molecule has 0 heterocycles. The topological polar surface area (TPSA) is 57.5 Å². The van der Waals surface area contributed by atoms with E-state index < -0.39 is 6.29 Å². The van der Waals surface area contributed by atoms with Crippen molar-refractivity contribution < 1.29 is 15.0 Å². The normalized spacial score (nSPS) is 10.4. The fourth-order valence-corrected chi connectivity index (χ4v) is 0.701. The van der Waals surface area contributed by atoms with E-state index in [1.807, 2.05) is 0 Å². The van der Waals surface area contributed by atoms with Gasteiger partial charge < -0.3 is 15.0 Å². The van der Waals surface area contributed by atoms with E-state index in [9.17, 15) is 4.79 Å². The van der Waals surface area contributed by atoms with Crippen LogP contribution in [0, 0.1) is 0 Å². The van der Waals surface area contributed by atoms with Crippen molar-refractivity contribution in [2.45, 2.75) is 38.9 Å². The van der Waals surface area contributed by atoms with E-state index in [1.54, 1.807) is 0 Å². The van der Waals surface area contributed by atoms with Gasteiger partial charge in [-0.2, -0.15) is 0 Å². The van der Waals surface area contributed by atoms with Crippen LogP contribution < -0.4 is 0 Å². The van der Waals surface area contributed by atoms with Gasteiger partial charge >= 0.3 is 0 Å². The molecule has 0 aliphatic rings. The fourth-order valence-electron chi connectivity index (χ4n) is 0.701. The number of aliphatic hydroxyl groups is 2. The van der Waals surface area contributed by atoms with Gasteiger partial charge in [-0.15, -0.1) is 0 Å². The minimum absolute atomic E-state index is 0.160. The molecule has 0 atom stereocenters. The Kier molecular flexibility index (Phi) is 5.16. The lowest BCUT2D eigenvalue weighted by atomic mass is 10.1. The molecule has 3 nitrogen and oxygen atoms in total. The van der Waals surface area contributed by atoms with Crippen molar-refractivity contribution in [3.05, 3.63) is 0 Å². The average molecular weight is 146 g/mol. The molecule has 0 fully saturated rings. The maximum atomic E-state index is 10.4. The maximum Gasteiger partial charge on any atom is 0.151 e. The van der Waals surface area contributed by atoms with Gasteiger partial charge in [-0.05, 0) is 26.2 Å². The minimum Gasteiger partial charge on any atom is -0.368 e. The SMILES string of the molecule is CC(=O)CCCCC(O)O. The Labute approximate surface area is 60.7 Å². The largest absolute Gasteiger partial charge is 0.368 e. The third-order valence-electron chi connectivity index (χ3n) is 1.24. The van der Waals surface area contributed by atoms with Crippen molar-refractivity contribution in [2.75, 3.05) is 0 Å². The van der Waals surface area contributed by atoms with Gasteiger partial charge in [0.15, 0.2) is 6.29 Å². The Balaban J connectivity index is 2.98. The van der Waals surface area contributed by atoms with Gasteiger partial charge in [0.2, 0.25) is 0 Å². The monoisotopic (exact) mass is 146 g/mol. The zero-order valence-corrected chi connectivity index (χ0v) is 6.21. The second kappa shape index (κ2) is 5.38. The molecule has 60 valence electrons. The summed E-state index contributed by atoms with van der Waals surface area (Å²) in [6, 6.07) is 0. The molecule has 2 N–H and O–H groups in total. The molecule has 0 spiro atoms. The number of hydrogen-bond acceptors (Lipinski definition) is 3. The van der Waals surface area contributed by atoms with Crippen LogP contribution in [0.2, 0.25) is 0 Å². The van der Waals surface area contributed by atoms with Gasteiger partial charge in [-0.25, -0.2) is 0 Å². The molecule has 0 aromatic carbocycles. The molecule has 0 saturated carbocycles. The average Bonchev–Trinajstić information content (AvgIpc) is 1.79. The molecule has 3 heteroatoms. The summed E-state index contributed by atoms with van der Waals surface area (Å²) in [5.74, 6) is 0.160. The Morgan fingerprint density at radius 2 is 2.00 bits per heavy atom. The summed E-state index contributed by atoms with van der Waals surface area (Å²) < 4.78 is 0. The lowest BCUT2D eigenvalue weighted by Crippen LogP contribution is -2.03. The zero-order valence-electron chi connectivity index (χ0n) is 6.21. The van der Waals surface area contributed by atoms with Crippen molar-refractivity contribution in [3.8, 4) is 0 Å². The van der Waals surface area contributed by atoms with Crippen LogP contribution in [-0.4, -0.2) is 22.3 Å². The molecule has 0 aromatic rings. The van der Waals surface area contributed by atoms with E-state index >= 15 is 0 Å². The standard InChI is InChI=1S/C7H14O3/c1-6(8)4-2-3-5-7(9)10/h7,9-10H,2-5H2,1H3. The molecule has 10 heavy (non-hydrogen) atoms. The molecular weight excluding hydrogens is 132 g/mol. The van der Waals surface area contributed by atoms with E-state index in [2.05, 4.69) is 0 Å². The summed E-state index contributed by atoms with van der Waals surface area (Å²) in [6.45, 7) is 1.54. The number of rotatable bonds is 5. The number of carbonyl (C=O) groups is 1. The summed E-state index contributed by atoms with van der Waals surface area (Å²) in [5, 5.41) is 16.8. The van der Waals surface area contributed by atoms with E-state index in [4.69, 9.17) is 10.2 Å². The van der Waals surface area contributed by atoms with Crippen molar-refractivity contribution in [2.24, 2.45) is 0 Å². The lowest BCUT2D eigenvalue weighted by Gasteiger charge is -2.00. The first-order valence-electron chi connectivity index (χ1n) is 3.48. The molecule has 0 rings (SSSR count). The number of unbranched alkanes of at least 4 members (excludes halogenated alkanes) is 1. The van der Waals surface area contributed by atoms with Gasteiger partial charge in [0.05, 0.1) is 0 Å². The van der Waals surface area contributed by atoms with E-state index in [-0.39, 0.29) is 5.78 Å². The van der Waals surface area contributed by atoms with Crippen LogP contribution in [0.3, 0.4) is 0 Å². The number of Topliss-reactive ketones (excluding diaryl/α,β-unsaturated/α-hetero) is 1. The number of aliphatic hydroxyl groups excluding tert-OH is 1. The van der Waals surface area contributed by atoms with E-state index in [1.165, 1.54) is 6.92 Å². The van der Waals surface area contributed by atoms with Crippen molar-refractivity contribution in [1.82, 2.24) is 0 Å². The number of hydrogen-bond donors (Lipinski definition) is 2. The summed E-state index contributed by atoms with van der Waals surface area (Å²) in [6.07, 6.45) is 1.16. The Morgan fingerprint density at radius 3 is 2.40 bits per heavy atom. The van der Waals surface area contributed by atoms with Crippen LogP contribution in [0.25, 0.3) is 0 Å². The molecule has 0 amide bonds. The second-order valence-corrected chi connectivity index (χ2v) is 2.43. The van der Waals surface area contributed by atoms with Crippen LogP contribution in [0.15, 0.2) is 0 Å². The Hall–Kier alpha value is -0.410. The van der Waals surface area contributed by atoms with Crippen LogP contribution in [0.1, 0.15) is 32.6 Å². The predicted molar refractivity (Wildman–Crippen MR) is 37.4 cm³/mol.